The van der Waals surface area contributed by atoms with E-state index in [4.69, 9.17) is 11.6 Å². The summed E-state index contributed by atoms with van der Waals surface area (Å²) in [7, 11) is 0. The molecule has 0 saturated heterocycles. The van der Waals surface area contributed by atoms with Crippen molar-refractivity contribution in [2.45, 2.75) is 6.17 Å². The van der Waals surface area contributed by atoms with Crippen LogP contribution in [0, 0.1) is 0 Å². The Hall–Kier alpha value is -1.79. The van der Waals surface area contributed by atoms with Crippen molar-refractivity contribution in [1.82, 2.24) is 25.8 Å². The number of nitrogens with one attached hydrogen (secondary N) is 2. The SMILES string of the molecule is OC1=C[C@H](n2nc3ccc(Cl)cc3n2)NN1. The van der Waals surface area contributed by atoms with Gasteiger partial charge in [0.25, 0.3) is 0 Å². The summed E-state index contributed by atoms with van der Waals surface area (Å²) in [5.41, 5.74) is 6.85. The number of aliphatic hydroxyl groups is 1. The van der Waals surface area contributed by atoms with E-state index in [2.05, 4.69) is 21.0 Å². The van der Waals surface area contributed by atoms with E-state index in [1.807, 2.05) is 0 Å². The Kier molecular flexibility index (Phi) is 1.98. The van der Waals surface area contributed by atoms with Gasteiger partial charge in [-0.25, -0.2) is 5.43 Å². The molecule has 1 aromatic heterocycles. The van der Waals surface area contributed by atoms with E-state index in [0.29, 0.717) is 10.5 Å². The topological polar surface area (TPSA) is 75.0 Å². The molecule has 0 radical (unpaired) electrons. The van der Waals surface area contributed by atoms with Crippen LogP contribution in [-0.4, -0.2) is 20.1 Å². The summed E-state index contributed by atoms with van der Waals surface area (Å²) in [5.74, 6) is 0.0596. The van der Waals surface area contributed by atoms with Gasteiger partial charge in [-0.2, -0.15) is 15.0 Å². The molecule has 0 aliphatic carbocycles. The zero-order chi connectivity index (χ0) is 11.1. The minimum absolute atomic E-state index is 0.0596. The van der Waals surface area contributed by atoms with Crippen molar-refractivity contribution in [1.29, 1.82) is 0 Å². The Balaban J connectivity index is 2.05. The van der Waals surface area contributed by atoms with Crippen molar-refractivity contribution in [3.05, 3.63) is 35.2 Å². The van der Waals surface area contributed by atoms with Crippen molar-refractivity contribution in [3.63, 3.8) is 0 Å². The lowest BCUT2D eigenvalue weighted by Gasteiger charge is -2.05. The summed E-state index contributed by atoms with van der Waals surface area (Å²) in [6, 6.07) is 5.30. The molecule has 0 bridgehead atoms. The van der Waals surface area contributed by atoms with Gasteiger partial charge in [0.05, 0.1) is 0 Å². The molecule has 16 heavy (non-hydrogen) atoms. The highest BCUT2D eigenvalue weighted by Gasteiger charge is 2.17. The number of hydrogen-bond donors (Lipinski definition) is 3. The van der Waals surface area contributed by atoms with Crippen molar-refractivity contribution in [2.75, 3.05) is 0 Å². The molecule has 1 aliphatic heterocycles. The minimum Gasteiger partial charge on any atom is -0.494 e. The average Bonchev–Trinajstić information content (AvgIpc) is 2.83. The summed E-state index contributed by atoms with van der Waals surface area (Å²) >= 11 is 5.85. The van der Waals surface area contributed by atoms with Crippen LogP contribution in [0.1, 0.15) is 6.17 Å². The second kappa shape index (κ2) is 3.36. The van der Waals surface area contributed by atoms with Gasteiger partial charge in [0.15, 0.2) is 12.0 Å². The molecule has 0 fully saturated rings. The van der Waals surface area contributed by atoms with E-state index >= 15 is 0 Å². The van der Waals surface area contributed by atoms with Gasteiger partial charge in [0.1, 0.15) is 11.0 Å². The smallest absolute Gasteiger partial charge is 0.198 e. The average molecular weight is 238 g/mol. The van der Waals surface area contributed by atoms with Crippen molar-refractivity contribution in [2.24, 2.45) is 0 Å². The first-order chi connectivity index (χ1) is 7.72. The number of hydrogen-bond acceptors (Lipinski definition) is 5. The largest absolute Gasteiger partial charge is 0.494 e. The van der Waals surface area contributed by atoms with Crippen LogP contribution in [-0.2, 0) is 0 Å². The molecule has 1 atom stereocenters. The molecule has 2 aromatic rings. The van der Waals surface area contributed by atoms with Crippen LogP contribution in [0.2, 0.25) is 5.02 Å². The third kappa shape index (κ3) is 1.48. The van der Waals surface area contributed by atoms with Gasteiger partial charge in [-0.3, -0.25) is 5.43 Å². The first-order valence-corrected chi connectivity index (χ1v) is 5.04. The van der Waals surface area contributed by atoms with Crippen LogP contribution in [0.4, 0.5) is 0 Å². The normalized spacial score (nSPS) is 19.8. The molecule has 0 amide bonds. The van der Waals surface area contributed by atoms with Gasteiger partial charge < -0.3 is 5.11 Å². The molecule has 82 valence electrons. The fourth-order valence-electron chi connectivity index (χ4n) is 1.53. The number of halogens is 1. The van der Waals surface area contributed by atoms with Crippen LogP contribution >= 0.6 is 11.6 Å². The Morgan fingerprint density at radius 1 is 1.31 bits per heavy atom. The molecule has 1 aromatic carbocycles. The number of fused-ring (bicyclic) bond motifs is 1. The van der Waals surface area contributed by atoms with Crippen LogP contribution in [0.5, 0.6) is 0 Å². The van der Waals surface area contributed by atoms with Gasteiger partial charge >= 0.3 is 0 Å². The molecule has 0 spiro atoms. The molecule has 2 heterocycles. The lowest BCUT2D eigenvalue weighted by atomic mass is 10.3. The zero-order valence-electron chi connectivity index (χ0n) is 8.05. The van der Waals surface area contributed by atoms with E-state index < -0.39 is 0 Å². The van der Waals surface area contributed by atoms with Gasteiger partial charge in [0.2, 0.25) is 0 Å². The van der Waals surface area contributed by atoms with Gasteiger partial charge in [-0.15, -0.1) is 0 Å². The predicted molar refractivity (Wildman–Crippen MR) is 58.6 cm³/mol. The Morgan fingerprint density at radius 3 is 2.88 bits per heavy atom. The summed E-state index contributed by atoms with van der Waals surface area (Å²) in [4.78, 5) is 1.47. The Bertz CT molecular complexity index is 578. The molecule has 0 unspecified atom stereocenters. The summed E-state index contributed by atoms with van der Waals surface area (Å²) < 4.78 is 0. The van der Waals surface area contributed by atoms with Gasteiger partial charge in [0, 0.05) is 11.1 Å². The third-order valence-corrected chi connectivity index (χ3v) is 2.51. The highest BCUT2D eigenvalue weighted by atomic mass is 35.5. The number of benzene rings is 1. The maximum Gasteiger partial charge on any atom is 0.198 e. The van der Waals surface area contributed by atoms with Crippen molar-refractivity contribution in [3.8, 4) is 0 Å². The van der Waals surface area contributed by atoms with E-state index in [1.165, 1.54) is 4.80 Å². The van der Waals surface area contributed by atoms with Crippen molar-refractivity contribution < 1.29 is 5.11 Å². The molecule has 7 heteroatoms. The van der Waals surface area contributed by atoms with E-state index in [0.717, 1.165) is 5.52 Å². The number of nitrogens with zero attached hydrogens (tertiary/aromatic N) is 3. The molecule has 3 N–H and O–H groups in total. The van der Waals surface area contributed by atoms with Crippen LogP contribution in [0.15, 0.2) is 30.2 Å². The van der Waals surface area contributed by atoms with E-state index in [-0.39, 0.29) is 12.0 Å². The number of hydrazine groups is 1. The standard InChI is InChI=1S/C9H8ClN5O/c10-5-1-2-6-7(3-5)14-15(13-6)8-4-9(16)12-11-8/h1-4,8,11-12,16H/t8-/m0/s1. The second-order valence-electron chi connectivity index (χ2n) is 3.42. The molecular weight excluding hydrogens is 230 g/mol. The number of rotatable bonds is 1. The fourth-order valence-corrected chi connectivity index (χ4v) is 1.70. The minimum atomic E-state index is -0.300. The lowest BCUT2D eigenvalue weighted by molar-refractivity contribution is 0.340. The third-order valence-electron chi connectivity index (χ3n) is 2.27. The fraction of sp³-hybridized carbons (Fsp3) is 0.111. The summed E-state index contributed by atoms with van der Waals surface area (Å²) in [6.45, 7) is 0. The van der Waals surface area contributed by atoms with Crippen LogP contribution in [0.3, 0.4) is 0 Å². The van der Waals surface area contributed by atoms with Gasteiger partial charge in [-0.05, 0) is 18.2 Å². The maximum absolute atomic E-state index is 9.18. The Morgan fingerprint density at radius 2 is 2.12 bits per heavy atom. The van der Waals surface area contributed by atoms with Gasteiger partial charge in [-0.1, -0.05) is 11.6 Å². The van der Waals surface area contributed by atoms with Crippen molar-refractivity contribution >= 4 is 22.6 Å². The summed E-state index contributed by atoms with van der Waals surface area (Å²) in [5, 5.41) is 18.3. The highest BCUT2D eigenvalue weighted by Crippen LogP contribution is 2.17. The van der Waals surface area contributed by atoms with Crippen LogP contribution in [0.25, 0.3) is 11.0 Å². The van der Waals surface area contributed by atoms with Crippen LogP contribution < -0.4 is 10.9 Å². The monoisotopic (exact) mass is 237 g/mol. The zero-order valence-corrected chi connectivity index (χ0v) is 8.81. The first kappa shape index (κ1) is 9.44. The predicted octanol–water partition coefficient (Wildman–Crippen LogP) is 1.09. The first-order valence-electron chi connectivity index (χ1n) is 4.67. The second-order valence-corrected chi connectivity index (χ2v) is 3.86. The number of aromatic nitrogens is 3. The lowest BCUT2D eigenvalue weighted by Crippen LogP contribution is -2.31. The quantitative estimate of drug-likeness (QED) is 0.692. The Labute approximate surface area is 95.5 Å². The van der Waals surface area contributed by atoms with E-state index in [9.17, 15) is 5.11 Å². The molecule has 0 saturated carbocycles. The summed E-state index contributed by atoms with van der Waals surface area (Å²) in [6.07, 6.45) is 1.27. The molecule has 3 rings (SSSR count). The molecule has 1 aliphatic rings. The molecule has 6 nitrogen and oxygen atoms in total. The van der Waals surface area contributed by atoms with E-state index in [1.54, 1.807) is 24.3 Å². The maximum atomic E-state index is 9.18. The highest BCUT2D eigenvalue weighted by molar-refractivity contribution is 6.31. The number of aliphatic hydroxyl groups excluding tert-OH is 1. The molecular formula is C9H8ClN5O.